The van der Waals surface area contributed by atoms with E-state index >= 15 is 0 Å². The van der Waals surface area contributed by atoms with Gasteiger partial charge in [0.05, 0.1) is 5.69 Å². The molecule has 1 aromatic carbocycles. The molecule has 0 saturated heterocycles. The number of rotatable bonds is 5. The minimum atomic E-state index is -0.0337. The highest BCUT2D eigenvalue weighted by atomic mass is 79.9. The zero-order valence-electron chi connectivity index (χ0n) is 10.6. The first-order valence-corrected chi connectivity index (χ1v) is 7.51. The Morgan fingerprint density at radius 3 is 2.44 bits per heavy atom. The van der Waals surface area contributed by atoms with Gasteiger partial charge in [-0.3, -0.25) is 4.79 Å². The van der Waals surface area contributed by atoms with Gasteiger partial charge in [0, 0.05) is 14.9 Å². The molecule has 1 rings (SSSR count). The summed E-state index contributed by atoms with van der Waals surface area (Å²) < 4.78 is 1.77. The SMILES string of the molecule is Cc1cc(Br)c(NC(=O)C(C)CCCN)c(Br)c1. The Morgan fingerprint density at radius 2 is 1.94 bits per heavy atom. The van der Waals surface area contributed by atoms with Crippen molar-refractivity contribution in [3.8, 4) is 0 Å². The second-order valence-corrected chi connectivity index (χ2v) is 6.13. The summed E-state index contributed by atoms with van der Waals surface area (Å²) in [5, 5.41) is 2.94. The van der Waals surface area contributed by atoms with Crippen LogP contribution in [0.1, 0.15) is 25.3 Å². The first-order chi connectivity index (χ1) is 8.45. The maximum Gasteiger partial charge on any atom is 0.227 e. The molecule has 1 unspecified atom stereocenters. The van der Waals surface area contributed by atoms with Crippen LogP contribution in [0.2, 0.25) is 0 Å². The molecule has 0 fully saturated rings. The molecule has 0 saturated carbocycles. The lowest BCUT2D eigenvalue weighted by molar-refractivity contribution is -0.119. The van der Waals surface area contributed by atoms with Crippen molar-refractivity contribution in [1.82, 2.24) is 0 Å². The highest BCUT2D eigenvalue weighted by molar-refractivity contribution is 9.11. The molecule has 0 bridgehead atoms. The van der Waals surface area contributed by atoms with Crippen molar-refractivity contribution in [3.05, 3.63) is 26.6 Å². The highest BCUT2D eigenvalue weighted by Gasteiger charge is 2.15. The van der Waals surface area contributed by atoms with Crippen molar-refractivity contribution in [2.45, 2.75) is 26.7 Å². The summed E-state index contributed by atoms with van der Waals surface area (Å²) in [4.78, 5) is 12.0. The van der Waals surface area contributed by atoms with Gasteiger partial charge < -0.3 is 11.1 Å². The van der Waals surface area contributed by atoms with E-state index in [1.807, 2.05) is 26.0 Å². The quantitative estimate of drug-likeness (QED) is 0.819. The Labute approximate surface area is 125 Å². The van der Waals surface area contributed by atoms with Crippen LogP contribution in [0.3, 0.4) is 0 Å². The Bertz CT molecular complexity index is 412. The molecule has 0 spiro atoms. The van der Waals surface area contributed by atoms with Crippen molar-refractivity contribution in [3.63, 3.8) is 0 Å². The second-order valence-electron chi connectivity index (χ2n) is 4.42. The maximum absolute atomic E-state index is 12.0. The topological polar surface area (TPSA) is 55.1 Å². The number of aryl methyl sites for hydroxylation is 1. The van der Waals surface area contributed by atoms with Gasteiger partial charge in [-0.05, 0) is 75.9 Å². The average molecular weight is 378 g/mol. The van der Waals surface area contributed by atoms with E-state index in [1.54, 1.807) is 0 Å². The van der Waals surface area contributed by atoms with Crippen LogP contribution in [-0.2, 0) is 4.79 Å². The van der Waals surface area contributed by atoms with Crippen molar-refractivity contribution in [1.29, 1.82) is 0 Å². The first kappa shape index (κ1) is 15.7. The molecule has 5 heteroatoms. The number of amides is 1. The monoisotopic (exact) mass is 376 g/mol. The normalized spacial score (nSPS) is 12.3. The zero-order valence-corrected chi connectivity index (χ0v) is 13.8. The molecule has 3 nitrogen and oxygen atoms in total. The lowest BCUT2D eigenvalue weighted by atomic mass is 10.0. The number of carbonyl (C=O) groups is 1. The molecule has 3 N–H and O–H groups in total. The fourth-order valence-corrected chi connectivity index (χ4v) is 3.23. The molecule has 1 amide bonds. The number of carbonyl (C=O) groups excluding carboxylic acids is 1. The van der Waals surface area contributed by atoms with E-state index in [1.165, 1.54) is 0 Å². The minimum Gasteiger partial charge on any atom is -0.330 e. The predicted molar refractivity (Wildman–Crippen MR) is 82.7 cm³/mol. The third kappa shape index (κ3) is 4.37. The Morgan fingerprint density at radius 1 is 1.39 bits per heavy atom. The molecule has 0 aliphatic carbocycles. The summed E-state index contributed by atoms with van der Waals surface area (Å²) in [6.07, 6.45) is 1.67. The molecule has 0 aromatic heterocycles. The number of benzene rings is 1. The van der Waals surface area contributed by atoms with Gasteiger partial charge in [-0.15, -0.1) is 0 Å². The molecular weight excluding hydrogens is 360 g/mol. The van der Waals surface area contributed by atoms with E-state index in [-0.39, 0.29) is 11.8 Å². The maximum atomic E-state index is 12.0. The molecule has 0 radical (unpaired) electrons. The molecule has 100 valence electrons. The second kappa shape index (κ2) is 7.26. The van der Waals surface area contributed by atoms with E-state index in [9.17, 15) is 4.79 Å². The Hall–Kier alpha value is -0.390. The molecule has 1 aromatic rings. The van der Waals surface area contributed by atoms with Crippen molar-refractivity contribution in [2.24, 2.45) is 11.7 Å². The Balaban J connectivity index is 2.76. The van der Waals surface area contributed by atoms with Crippen molar-refractivity contribution in [2.75, 3.05) is 11.9 Å². The van der Waals surface area contributed by atoms with E-state index in [0.717, 1.165) is 33.0 Å². The van der Waals surface area contributed by atoms with Crippen LogP contribution in [-0.4, -0.2) is 12.5 Å². The Kier molecular flexibility index (Phi) is 6.32. The predicted octanol–water partition coefficient (Wildman–Crippen LogP) is 3.83. The fraction of sp³-hybridized carbons (Fsp3) is 0.462. The van der Waals surface area contributed by atoms with Crippen LogP contribution in [0.4, 0.5) is 5.69 Å². The average Bonchev–Trinajstić information content (AvgIpc) is 2.30. The highest BCUT2D eigenvalue weighted by Crippen LogP contribution is 2.32. The largest absolute Gasteiger partial charge is 0.330 e. The summed E-state index contributed by atoms with van der Waals surface area (Å²) in [5.74, 6) is -0.0117. The molecule has 1 atom stereocenters. The number of halogens is 2. The lowest BCUT2D eigenvalue weighted by Gasteiger charge is -2.14. The summed E-state index contributed by atoms with van der Waals surface area (Å²) in [6.45, 7) is 4.54. The summed E-state index contributed by atoms with van der Waals surface area (Å²) in [7, 11) is 0. The van der Waals surface area contributed by atoms with E-state index < -0.39 is 0 Å². The van der Waals surface area contributed by atoms with Crippen LogP contribution in [0.5, 0.6) is 0 Å². The van der Waals surface area contributed by atoms with Gasteiger partial charge in [0.2, 0.25) is 5.91 Å². The van der Waals surface area contributed by atoms with Gasteiger partial charge in [0.1, 0.15) is 0 Å². The van der Waals surface area contributed by atoms with Gasteiger partial charge >= 0.3 is 0 Å². The van der Waals surface area contributed by atoms with Crippen LogP contribution in [0, 0.1) is 12.8 Å². The third-order valence-electron chi connectivity index (χ3n) is 2.72. The number of nitrogens with two attached hydrogens (primary N) is 1. The minimum absolute atomic E-state index is 0.0219. The molecule has 0 aliphatic heterocycles. The van der Waals surface area contributed by atoms with Gasteiger partial charge in [0.25, 0.3) is 0 Å². The van der Waals surface area contributed by atoms with Gasteiger partial charge in [-0.1, -0.05) is 6.92 Å². The van der Waals surface area contributed by atoms with Crippen LogP contribution >= 0.6 is 31.9 Å². The van der Waals surface area contributed by atoms with Gasteiger partial charge in [-0.2, -0.15) is 0 Å². The summed E-state index contributed by atoms with van der Waals surface area (Å²) in [5.41, 5.74) is 7.36. The van der Waals surface area contributed by atoms with Crippen LogP contribution in [0.15, 0.2) is 21.1 Å². The summed E-state index contributed by atoms with van der Waals surface area (Å²) >= 11 is 6.93. The smallest absolute Gasteiger partial charge is 0.227 e. The molecule has 0 aliphatic rings. The van der Waals surface area contributed by atoms with Crippen LogP contribution < -0.4 is 11.1 Å². The van der Waals surface area contributed by atoms with E-state index in [0.29, 0.717) is 6.54 Å². The number of anilines is 1. The van der Waals surface area contributed by atoms with Crippen molar-refractivity contribution < 1.29 is 4.79 Å². The molecule has 18 heavy (non-hydrogen) atoms. The molecular formula is C13H18Br2N2O. The fourth-order valence-electron chi connectivity index (χ4n) is 1.62. The van der Waals surface area contributed by atoms with Gasteiger partial charge in [-0.25, -0.2) is 0 Å². The van der Waals surface area contributed by atoms with Gasteiger partial charge in [0.15, 0.2) is 0 Å². The van der Waals surface area contributed by atoms with E-state index in [4.69, 9.17) is 5.73 Å². The number of nitrogens with one attached hydrogen (secondary N) is 1. The summed E-state index contributed by atoms with van der Waals surface area (Å²) in [6, 6.07) is 3.95. The third-order valence-corrected chi connectivity index (χ3v) is 3.97. The molecule has 0 heterocycles. The number of hydrogen-bond acceptors (Lipinski definition) is 2. The standard InChI is InChI=1S/C13H18Br2N2O/c1-8-6-10(14)12(11(15)7-8)17-13(18)9(2)4-3-5-16/h6-7,9H,3-5,16H2,1-2H3,(H,17,18). The van der Waals surface area contributed by atoms with Crippen molar-refractivity contribution >= 4 is 43.5 Å². The number of hydrogen-bond donors (Lipinski definition) is 2. The van der Waals surface area contributed by atoms with Crippen LogP contribution in [0.25, 0.3) is 0 Å². The lowest BCUT2D eigenvalue weighted by Crippen LogP contribution is -2.21. The van der Waals surface area contributed by atoms with E-state index in [2.05, 4.69) is 37.2 Å². The zero-order chi connectivity index (χ0) is 13.7. The first-order valence-electron chi connectivity index (χ1n) is 5.92.